The summed E-state index contributed by atoms with van der Waals surface area (Å²) in [6, 6.07) is 16.5. The molecule has 7 nitrogen and oxygen atoms in total. The Morgan fingerprint density at radius 2 is 1.88 bits per heavy atom. The molecule has 132 valence electrons. The summed E-state index contributed by atoms with van der Waals surface area (Å²) in [5.41, 5.74) is 3.03. The van der Waals surface area contributed by atoms with E-state index in [1.54, 1.807) is 14.2 Å². The molecule has 2 heterocycles. The van der Waals surface area contributed by atoms with Gasteiger partial charge in [0.15, 0.2) is 0 Å². The minimum atomic E-state index is -0.356. The second-order valence-corrected chi connectivity index (χ2v) is 5.95. The van der Waals surface area contributed by atoms with Crippen LogP contribution in [0.1, 0.15) is 17.3 Å². The predicted molar refractivity (Wildman–Crippen MR) is 98.0 cm³/mol. The van der Waals surface area contributed by atoms with Crippen LogP contribution in [-0.4, -0.2) is 25.3 Å². The van der Waals surface area contributed by atoms with Gasteiger partial charge in [-0.3, -0.25) is 4.90 Å². The van der Waals surface area contributed by atoms with E-state index in [9.17, 15) is 4.79 Å². The monoisotopic (exact) mass is 350 g/mol. The van der Waals surface area contributed by atoms with Gasteiger partial charge in [-0.25, -0.2) is 4.79 Å². The van der Waals surface area contributed by atoms with Gasteiger partial charge in [0.2, 0.25) is 0 Å². The lowest BCUT2D eigenvalue weighted by Crippen LogP contribution is -2.44. The van der Waals surface area contributed by atoms with Crippen molar-refractivity contribution in [3.63, 3.8) is 0 Å². The number of ether oxygens (including phenoxy) is 1. The molecular weight excluding hydrogens is 332 g/mol. The van der Waals surface area contributed by atoms with Gasteiger partial charge in [0.25, 0.3) is 5.88 Å². The standard InChI is InChI=1S/C19H18N4O3/c1-23-17-16(15(21-19(23)24)12-6-4-3-5-7-12)22-26-18(17)20-13-8-10-14(25-2)11-9-13/h3-11,15,20H,1-2H3,(H,21,24). The van der Waals surface area contributed by atoms with Crippen molar-refractivity contribution in [2.45, 2.75) is 6.04 Å². The molecule has 1 aromatic heterocycles. The first-order chi connectivity index (χ1) is 12.7. The molecule has 4 rings (SSSR count). The van der Waals surface area contributed by atoms with E-state index in [1.165, 1.54) is 4.90 Å². The van der Waals surface area contributed by atoms with E-state index < -0.39 is 0 Å². The maximum atomic E-state index is 12.4. The van der Waals surface area contributed by atoms with Crippen molar-refractivity contribution in [1.29, 1.82) is 0 Å². The number of anilines is 3. The second-order valence-electron chi connectivity index (χ2n) is 5.95. The molecule has 2 amide bonds. The van der Waals surface area contributed by atoms with Crippen LogP contribution in [0.5, 0.6) is 5.75 Å². The Labute approximate surface area is 150 Å². The SMILES string of the molecule is COc1ccc(Nc2onc3c2N(C)C(=O)NC3c2ccccc2)cc1. The summed E-state index contributed by atoms with van der Waals surface area (Å²) in [5.74, 6) is 1.18. The van der Waals surface area contributed by atoms with Gasteiger partial charge in [0.05, 0.1) is 7.11 Å². The zero-order valence-electron chi connectivity index (χ0n) is 14.4. The molecule has 26 heavy (non-hydrogen) atoms. The van der Waals surface area contributed by atoms with Crippen molar-refractivity contribution >= 4 is 23.3 Å². The van der Waals surface area contributed by atoms with Gasteiger partial charge < -0.3 is 19.9 Å². The first-order valence-corrected chi connectivity index (χ1v) is 8.17. The topological polar surface area (TPSA) is 79.6 Å². The third kappa shape index (κ3) is 2.73. The van der Waals surface area contributed by atoms with Crippen molar-refractivity contribution in [2.24, 2.45) is 0 Å². The van der Waals surface area contributed by atoms with Crippen molar-refractivity contribution < 1.29 is 14.1 Å². The number of methoxy groups -OCH3 is 1. The van der Waals surface area contributed by atoms with Crippen LogP contribution in [0.3, 0.4) is 0 Å². The fourth-order valence-corrected chi connectivity index (χ4v) is 2.98. The highest BCUT2D eigenvalue weighted by Gasteiger charge is 2.36. The van der Waals surface area contributed by atoms with Gasteiger partial charge in [-0.1, -0.05) is 35.5 Å². The van der Waals surface area contributed by atoms with Crippen LogP contribution in [0.25, 0.3) is 0 Å². The largest absolute Gasteiger partial charge is 0.497 e. The molecular formula is C19H18N4O3. The Balaban J connectivity index is 1.70. The van der Waals surface area contributed by atoms with Gasteiger partial charge in [0.1, 0.15) is 23.2 Å². The van der Waals surface area contributed by atoms with Crippen molar-refractivity contribution in [2.75, 3.05) is 24.4 Å². The highest BCUT2D eigenvalue weighted by Crippen LogP contribution is 2.40. The number of nitrogens with zero attached hydrogens (tertiary/aromatic N) is 2. The van der Waals surface area contributed by atoms with Crippen LogP contribution in [-0.2, 0) is 0 Å². The number of hydrogen-bond acceptors (Lipinski definition) is 5. The summed E-state index contributed by atoms with van der Waals surface area (Å²) in [5, 5.41) is 10.3. The summed E-state index contributed by atoms with van der Waals surface area (Å²) in [6.07, 6.45) is 0. The molecule has 0 bridgehead atoms. The summed E-state index contributed by atoms with van der Waals surface area (Å²) < 4.78 is 10.7. The minimum Gasteiger partial charge on any atom is -0.497 e. The predicted octanol–water partition coefficient (Wildman–Crippen LogP) is 3.68. The van der Waals surface area contributed by atoms with Crippen LogP contribution in [0.2, 0.25) is 0 Å². The highest BCUT2D eigenvalue weighted by molar-refractivity contribution is 5.98. The number of urea groups is 1. The molecule has 3 aromatic rings. The fraction of sp³-hybridized carbons (Fsp3) is 0.158. The van der Waals surface area contributed by atoms with Crippen molar-refractivity contribution in [1.82, 2.24) is 10.5 Å². The van der Waals surface area contributed by atoms with E-state index in [4.69, 9.17) is 9.26 Å². The third-order valence-corrected chi connectivity index (χ3v) is 4.36. The molecule has 2 N–H and O–H groups in total. The van der Waals surface area contributed by atoms with Crippen LogP contribution < -0.4 is 20.3 Å². The van der Waals surface area contributed by atoms with E-state index in [0.717, 1.165) is 17.0 Å². The molecule has 1 aliphatic rings. The molecule has 1 atom stereocenters. The summed E-state index contributed by atoms with van der Waals surface area (Å²) in [7, 11) is 3.30. The highest BCUT2D eigenvalue weighted by atomic mass is 16.5. The molecule has 0 saturated heterocycles. The summed E-state index contributed by atoms with van der Waals surface area (Å²) in [6.45, 7) is 0. The fourth-order valence-electron chi connectivity index (χ4n) is 2.98. The van der Waals surface area contributed by atoms with Crippen LogP contribution >= 0.6 is 0 Å². The maximum absolute atomic E-state index is 12.4. The number of fused-ring (bicyclic) bond motifs is 1. The summed E-state index contributed by atoms with van der Waals surface area (Å²) >= 11 is 0. The zero-order valence-corrected chi connectivity index (χ0v) is 14.4. The number of carbonyl (C=O) groups is 1. The number of rotatable bonds is 4. The number of nitrogens with one attached hydrogen (secondary N) is 2. The average molecular weight is 350 g/mol. The summed E-state index contributed by atoms with van der Waals surface area (Å²) in [4.78, 5) is 13.9. The average Bonchev–Trinajstić information content (AvgIpc) is 3.10. The van der Waals surface area contributed by atoms with Crippen LogP contribution in [0.15, 0.2) is 59.1 Å². The van der Waals surface area contributed by atoms with E-state index in [1.807, 2.05) is 54.6 Å². The zero-order chi connectivity index (χ0) is 18.1. The Kier molecular flexibility index (Phi) is 3.96. The Morgan fingerprint density at radius 3 is 2.58 bits per heavy atom. The maximum Gasteiger partial charge on any atom is 0.322 e. The first kappa shape index (κ1) is 16.0. The molecule has 0 spiro atoms. The van der Waals surface area contributed by atoms with E-state index >= 15 is 0 Å². The van der Waals surface area contributed by atoms with Crippen LogP contribution in [0, 0.1) is 0 Å². The molecule has 0 fully saturated rings. The smallest absolute Gasteiger partial charge is 0.322 e. The quantitative estimate of drug-likeness (QED) is 0.750. The molecule has 1 aliphatic heterocycles. The Morgan fingerprint density at radius 1 is 1.15 bits per heavy atom. The van der Waals surface area contributed by atoms with E-state index in [2.05, 4.69) is 15.8 Å². The number of carbonyl (C=O) groups excluding carboxylic acids is 1. The number of amides is 2. The third-order valence-electron chi connectivity index (χ3n) is 4.36. The van der Waals surface area contributed by atoms with Gasteiger partial charge >= 0.3 is 6.03 Å². The molecule has 2 aromatic carbocycles. The first-order valence-electron chi connectivity index (χ1n) is 8.17. The van der Waals surface area contributed by atoms with Gasteiger partial charge in [-0.15, -0.1) is 0 Å². The number of benzene rings is 2. The molecule has 1 unspecified atom stereocenters. The van der Waals surface area contributed by atoms with E-state index in [0.29, 0.717) is 17.3 Å². The lowest BCUT2D eigenvalue weighted by Gasteiger charge is -2.29. The van der Waals surface area contributed by atoms with Crippen molar-refractivity contribution in [3.8, 4) is 5.75 Å². The van der Waals surface area contributed by atoms with E-state index in [-0.39, 0.29) is 12.1 Å². The van der Waals surface area contributed by atoms with Gasteiger partial charge in [0, 0.05) is 12.7 Å². The Hall–Kier alpha value is -3.48. The lowest BCUT2D eigenvalue weighted by molar-refractivity contribution is 0.243. The second kappa shape index (κ2) is 6.44. The van der Waals surface area contributed by atoms with Gasteiger partial charge in [-0.05, 0) is 29.8 Å². The molecule has 0 aliphatic carbocycles. The Bertz CT molecular complexity index is 922. The van der Waals surface area contributed by atoms with Crippen molar-refractivity contribution in [3.05, 3.63) is 65.9 Å². The lowest BCUT2D eigenvalue weighted by atomic mass is 10.0. The minimum absolute atomic E-state index is 0.215. The number of aromatic nitrogens is 1. The number of hydrogen-bond donors (Lipinski definition) is 2. The van der Waals surface area contributed by atoms with Gasteiger partial charge in [-0.2, -0.15) is 0 Å². The molecule has 0 saturated carbocycles. The normalized spacial score (nSPS) is 16.0. The molecule has 0 radical (unpaired) electrons. The molecule has 7 heteroatoms. The van der Waals surface area contributed by atoms with Crippen LogP contribution in [0.4, 0.5) is 22.1 Å².